The van der Waals surface area contributed by atoms with Gasteiger partial charge in [-0.25, -0.2) is 0 Å². The predicted molar refractivity (Wildman–Crippen MR) is 111 cm³/mol. The predicted octanol–water partition coefficient (Wildman–Crippen LogP) is 3.29. The largest absolute Gasteiger partial charge is 0.324 e. The Kier molecular flexibility index (Phi) is 5.39. The highest BCUT2D eigenvalue weighted by molar-refractivity contribution is 7.08. The van der Waals surface area contributed by atoms with Crippen LogP contribution in [0, 0.1) is 0 Å². The molecule has 0 aliphatic heterocycles. The first-order valence-corrected chi connectivity index (χ1v) is 9.69. The van der Waals surface area contributed by atoms with E-state index in [9.17, 15) is 9.59 Å². The summed E-state index contributed by atoms with van der Waals surface area (Å²) < 4.78 is 0. The number of thiophene rings is 1. The van der Waals surface area contributed by atoms with Crippen LogP contribution in [0.25, 0.3) is 11.4 Å². The third-order valence-corrected chi connectivity index (χ3v) is 4.68. The maximum absolute atomic E-state index is 12.6. The Morgan fingerprint density at radius 2 is 1.76 bits per heavy atom. The zero-order chi connectivity index (χ0) is 20.1. The number of anilines is 2. The molecule has 0 radical (unpaired) electrons. The lowest BCUT2D eigenvalue weighted by Crippen LogP contribution is -2.22. The van der Waals surface area contributed by atoms with E-state index < -0.39 is 0 Å². The highest BCUT2D eigenvalue weighted by atomic mass is 32.1. The van der Waals surface area contributed by atoms with Crippen LogP contribution in [0.3, 0.4) is 0 Å². The minimum atomic E-state index is -0.362. The molecule has 4 rings (SSSR count). The van der Waals surface area contributed by atoms with Crippen LogP contribution in [0.1, 0.15) is 10.4 Å². The standard InChI is InChI=1S/C20H16N6O2S/c27-18(12-26-24-19(23-25-26)14-10-11-29-13-14)22-17-9-5-4-8-16(17)20(28)21-15-6-2-1-3-7-15/h1-11,13H,12H2,(H,21,28)(H,22,27). The van der Waals surface area contributed by atoms with E-state index in [4.69, 9.17) is 0 Å². The molecule has 29 heavy (non-hydrogen) atoms. The summed E-state index contributed by atoms with van der Waals surface area (Å²) in [6.07, 6.45) is 0. The van der Waals surface area contributed by atoms with Gasteiger partial charge in [-0.3, -0.25) is 9.59 Å². The van der Waals surface area contributed by atoms with Crippen molar-refractivity contribution in [3.63, 3.8) is 0 Å². The van der Waals surface area contributed by atoms with Crippen molar-refractivity contribution in [3.8, 4) is 11.4 Å². The molecule has 0 atom stereocenters. The number of amides is 2. The third kappa shape index (κ3) is 4.53. The average molecular weight is 404 g/mol. The Morgan fingerprint density at radius 3 is 2.55 bits per heavy atom. The molecule has 0 unspecified atom stereocenters. The van der Waals surface area contributed by atoms with Crippen molar-refractivity contribution in [1.29, 1.82) is 0 Å². The zero-order valence-corrected chi connectivity index (χ0v) is 16.0. The van der Waals surface area contributed by atoms with Gasteiger partial charge in [0.15, 0.2) is 0 Å². The maximum Gasteiger partial charge on any atom is 0.257 e. The Hall–Kier alpha value is -3.85. The molecule has 0 bridgehead atoms. The SMILES string of the molecule is O=C(Cn1nnc(-c2ccsc2)n1)Nc1ccccc1C(=O)Nc1ccccc1. The third-order valence-electron chi connectivity index (χ3n) is 3.99. The second-order valence-electron chi connectivity index (χ2n) is 6.07. The molecule has 0 spiro atoms. The van der Waals surface area contributed by atoms with E-state index in [0.717, 1.165) is 5.56 Å². The summed E-state index contributed by atoms with van der Waals surface area (Å²) in [5, 5.41) is 21.4. The lowest BCUT2D eigenvalue weighted by Gasteiger charge is -2.11. The number of tetrazole rings is 1. The van der Waals surface area contributed by atoms with Crippen molar-refractivity contribution < 1.29 is 9.59 Å². The van der Waals surface area contributed by atoms with Gasteiger partial charge in [0.2, 0.25) is 11.7 Å². The summed E-state index contributed by atoms with van der Waals surface area (Å²) in [6, 6.07) is 17.8. The molecule has 2 aromatic carbocycles. The van der Waals surface area contributed by atoms with E-state index in [1.54, 1.807) is 36.4 Å². The van der Waals surface area contributed by atoms with Crippen LogP contribution >= 0.6 is 11.3 Å². The molecular formula is C20H16N6O2S. The molecule has 4 aromatic rings. The van der Waals surface area contributed by atoms with Gasteiger partial charge in [0.05, 0.1) is 11.3 Å². The van der Waals surface area contributed by atoms with Gasteiger partial charge < -0.3 is 10.6 Å². The van der Waals surface area contributed by atoms with Crippen LogP contribution < -0.4 is 10.6 Å². The smallest absolute Gasteiger partial charge is 0.257 e. The monoisotopic (exact) mass is 404 g/mol. The van der Waals surface area contributed by atoms with Crippen molar-refractivity contribution in [2.24, 2.45) is 0 Å². The number of rotatable bonds is 6. The summed E-state index contributed by atoms with van der Waals surface area (Å²) in [5.74, 6) is -0.216. The minimum Gasteiger partial charge on any atom is -0.324 e. The quantitative estimate of drug-likeness (QED) is 0.513. The van der Waals surface area contributed by atoms with Gasteiger partial charge in [0.1, 0.15) is 6.54 Å². The van der Waals surface area contributed by atoms with Gasteiger partial charge in [-0.05, 0) is 40.9 Å². The van der Waals surface area contributed by atoms with Crippen molar-refractivity contribution >= 4 is 34.5 Å². The topological polar surface area (TPSA) is 102 Å². The van der Waals surface area contributed by atoms with Gasteiger partial charge in [-0.2, -0.15) is 16.1 Å². The van der Waals surface area contributed by atoms with Crippen molar-refractivity contribution in [3.05, 3.63) is 77.0 Å². The van der Waals surface area contributed by atoms with Crippen LogP contribution in [-0.2, 0) is 11.3 Å². The second kappa shape index (κ2) is 8.44. The number of carbonyl (C=O) groups excluding carboxylic acids is 2. The normalized spacial score (nSPS) is 10.5. The first-order valence-electron chi connectivity index (χ1n) is 8.75. The molecule has 0 saturated heterocycles. The van der Waals surface area contributed by atoms with Gasteiger partial charge in [-0.15, -0.1) is 10.2 Å². The van der Waals surface area contributed by atoms with Crippen LogP contribution in [0.5, 0.6) is 0 Å². The fourth-order valence-electron chi connectivity index (χ4n) is 2.65. The fourth-order valence-corrected chi connectivity index (χ4v) is 3.28. The van der Waals surface area contributed by atoms with E-state index in [-0.39, 0.29) is 18.4 Å². The Bertz CT molecular complexity index is 1120. The molecule has 0 aliphatic rings. The fraction of sp³-hybridized carbons (Fsp3) is 0.0500. The minimum absolute atomic E-state index is 0.119. The molecule has 2 amide bonds. The highest BCUT2D eigenvalue weighted by Gasteiger charge is 2.15. The van der Waals surface area contributed by atoms with Gasteiger partial charge in [0.25, 0.3) is 5.91 Å². The summed E-state index contributed by atoms with van der Waals surface area (Å²) in [5.41, 5.74) is 2.29. The first kappa shape index (κ1) is 18.5. The average Bonchev–Trinajstić information content (AvgIpc) is 3.41. The van der Waals surface area contributed by atoms with Crippen LogP contribution in [0.4, 0.5) is 11.4 Å². The van der Waals surface area contributed by atoms with E-state index in [0.29, 0.717) is 22.8 Å². The number of nitrogens with zero attached hydrogens (tertiary/aromatic N) is 4. The van der Waals surface area contributed by atoms with Crippen molar-refractivity contribution in [2.75, 3.05) is 10.6 Å². The molecule has 8 nitrogen and oxygen atoms in total. The number of hydrogen-bond acceptors (Lipinski definition) is 6. The lowest BCUT2D eigenvalue weighted by molar-refractivity contribution is -0.117. The first-order chi connectivity index (χ1) is 14.2. The van der Waals surface area contributed by atoms with E-state index >= 15 is 0 Å². The maximum atomic E-state index is 12.6. The van der Waals surface area contributed by atoms with Gasteiger partial charge in [-0.1, -0.05) is 30.3 Å². The summed E-state index contributed by atoms with van der Waals surface area (Å²) in [6.45, 7) is -0.119. The van der Waals surface area contributed by atoms with Crippen molar-refractivity contribution in [2.45, 2.75) is 6.54 Å². The molecule has 9 heteroatoms. The number of carbonyl (C=O) groups is 2. The Labute approximate surface area is 170 Å². The van der Waals surface area contributed by atoms with E-state index in [1.807, 2.05) is 35.0 Å². The van der Waals surface area contributed by atoms with Gasteiger partial charge in [0, 0.05) is 16.6 Å². The molecule has 0 aliphatic carbocycles. The van der Waals surface area contributed by atoms with Crippen LogP contribution in [-0.4, -0.2) is 32.0 Å². The number of para-hydroxylation sites is 2. The van der Waals surface area contributed by atoms with Crippen molar-refractivity contribution in [1.82, 2.24) is 20.2 Å². The second-order valence-corrected chi connectivity index (χ2v) is 6.85. The zero-order valence-electron chi connectivity index (χ0n) is 15.1. The molecule has 0 fully saturated rings. The lowest BCUT2D eigenvalue weighted by atomic mass is 10.1. The Balaban J connectivity index is 1.44. The number of aromatic nitrogens is 4. The summed E-state index contributed by atoms with van der Waals surface area (Å²) in [7, 11) is 0. The van der Waals surface area contributed by atoms with E-state index in [1.165, 1.54) is 16.1 Å². The molecule has 144 valence electrons. The summed E-state index contributed by atoms with van der Waals surface area (Å²) in [4.78, 5) is 26.3. The van der Waals surface area contributed by atoms with Gasteiger partial charge >= 0.3 is 0 Å². The highest BCUT2D eigenvalue weighted by Crippen LogP contribution is 2.18. The number of hydrogen-bond donors (Lipinski definition) is 2. The Morgan fingerprint density at radius 1 is 0.966 bits per heavy atom. The van der Waals surface area contributed by atoms with Crippen LogP contribution in [0.15, 0.2) is 71.4 Å². The molecule has 2 N–H and O–H groups in total. The number of benzene rings is 2. The number of nitrogens with one attached hydrogen (secondary N) is 2. The molecule has 0 saturated carbocycles. The summed E-state index contributed by atoms with van der Waals surface area (Å²) >= 11 is 1.53. The van der Waals surface area contributed by atoms with Crippen LogP contribution in [0.2, 0.25) is 0 Å². The molecule has 2 aromatic heterocycles. The molecule has 2 heterocycles. The van der Waals surface area contributed by atoms with E-state index in [2.05, 4.69) is 26.0 Å². The molecular weight excluding hydrogens is 388 g/mol.